The fourth-order valence-corrected chi connectivity index (χ4v) is 2.46. The molecule has 1 heterocycles. The van der Waals surface area contributed by atoms with Gasteiger partial charge >= 0.3 is 6.03 Å². The minimum Gasteiger partial charge on any atom is -0.497 e. The summed E-state index contributed by atoms with van der Waals surface area (Å²) in [6.45, 7) is 3.60. The van der Waals surface area contributed by atoms with E-state index in [1.54, 1.807) is 38.3 Å². The summed E-state index contributed by atoms with van der Waals surface area (Å²) < 4.78 is 11.1. The predicted octanol–water partition coefficient (Wildman–Crippen LogP) is 3.24. The van der Waals surface area contributed by atoms with E-state index in [0.29, 0.717) is 22.9 Å². The van der Waals surface area contributed by atoms with E-state index < -0.39 is 12.1 Å². The number of anilines is 1. The third kappa shape index (κ3) is 2.90. The molecular weight excluding hydrogens is 308 g/mol. The molecule has 0 aromatic heterocycles. The van der Waals surface area contributed by atoms with Crippen molar-refractivity contribution in [2.75, 3.05) is 12.0 Å². The van der Waals surface area contributed by atoms with Gasteiger partial charge in [0.15, 0.2) is 0 Å². The first kappa shape index (κ1) is 15.9. The molecule has 2 aromatic rings. The van der Waals surface area contributed by atoms with E-state index in [1.807, 2.05) is 25.1 Å². The number of methoxy groups -OCH3 is 1. The summed E-state index contributed by atoms with van der Waals surface area (Å²) in [6, 6.07) is 11.5. The standard InChI is InChI=1S/C18H18N2O4/c1-11-4-7-15(23-3)10-16(11)24-14-8-5-13(6-9-14)20-17(21)12(2)19-18(20)22/h4-10,12H,1-3H3,(H,19,22)/t12-/m1/s1. The van der Waals surface area contributed by atoms with Crippen molar-refractivity contribution in [3.63, 3.8) is 0 Å². The number of amides is 3. The van der Waals surface area contributed by atoms with E-state index in [2.05, 4.69) is 5.32 Å². The van der Waals surface area contributed by atoms with E-state index in [9.17, 15) is 9.59 Å². The number of nitrogens with zero attached hydrogens (tertiary/aromatic N) is 1. The molecule has 3 amide bonds. The molecule has 124 valence electrons. The number of imide groups is 1. The van der Waals surface area contributed by atoms with Gasteiger partial charge in [-0.25, -0.2) is 9.69 Å². The van der Waals surface area contributed by atoms with Crippen molar-refractivity contribution < 1.29 is 19.1 Å². The largest absolute Gasteiger partial charge is 0.497 e. The molecule has 6 heteroatoms. The van der Waals surface area contributed by atoms with Gasteiger partial charge in [-0.15, -0.1) is 0 Å². The highest BCUT2D eigenvalue weighted by Crippen LogP contribution is 2.30. The molecule has 0 bridgehead atoms. The molecule has 1 aliphatic rings. The van der Waals surface area contributed by atoms with Crippen molar-refractivity contribution in [2.45, 2.75) is 19.9 Å². The van der Waals surface area contributed by atoms with Crippen LogP contribution in [0.25, 0.3) is 0 Å². The molecule has 1 fully saturated rings. The Morgan fingerprint density at radius 1 is 1.04 bits per heavy atom. The van der Waals surface area contributed by atoms with E-state index >= 15 is 0 Å². The normalized spacial score (nSPS) is 17.0. The van der Waals surface area contributed by atoms with Crippen LogP contribution < -0.4 is 19.7 Å². The quantitative estimate of drug-likeness (QED) is 0.876. The first-order valence-electron chi connectivity index (χ1n) is 7.56. The van der Waals surface area contributed by atoms with Crippen molar-refractivity contribution in [3.05, 3.63) is 48.0 Å². The number of benzene rings is 2. The van der Waals surface area contributed by atoms with Crippen LogP contribution in [-0.4, -0.2) is 25.1 Å². The SMILES string of the molecule is COc1ccc(C)c(Oc2ccc(N3C(=O)N[C@H](C)C3=O)cc2)c1. The molecule has 1 atom stereocenters. The number of rotatable bonds is 4. The zero-order valence-electron chi connectivity index (χ0n) is 13.7. The van der Waals surface area contributed by atoms with Gasteiger partial charge in [-0.05, 0) is 49.7 Å². The smallest absolute Gasteiger partial charge is 0.329 e. The Labute approximate surface area is 140 Å². The molecule has 24 heavy (non-hydrogen) atoms. The first-order valence-corrected chi connectivity index (χ1v) is 7.56. The van der Waals surface area contributed by atoms with Gasteiger partial charge in [-0.3, -0.25) is 4.79 Å². The maximum Gasteiger partial charge on any atom is 0.329 e. The summed E-state index contributed by atoms with van der Waals surface area (Å²) in [5.74, 6) is 1.73. The average molecular weight is 326 g/mol. The van der Waals surface area contributed by atoms with Gasteiger partial charge in [0.25, 0.3) is 5.91 Å². The van der Waals surface area contributed by atoms with Crippen molar-refractivity contribution in [2.24, 2.45) is 0 Å². The van der Waals surface area contributed by atoms with Crippen LogP contribution >= 0.6 is 0 Å². The van der Waals surface area contributed by atoms with E-state index in [0.717, 1.165) is 10.5 Å². The summed E-state index contributed by atoms with van der Waals surface area (Å²) in [4.78, 5) is 25.0. The minimum atomic E-state index is -0.507. The molecule has 2 aromatic carbocycles. The fourth-order valence-electron chi connectivity index (χ4n) is 2.46. The molecule has 0 spiro atoms. The van der Waals surface area contributed by atoms with Crippen LogP contribution in [0, 0.1) is 6.92 Å². The highest BCUT2D eigenvalue weighted by molar-refractivity contribution is 6.21. The Hall–Kier alpha value is -3.02. The number of nitrogens with one attached hydrogen (secondary N) is 1. The number of aryl methyl sites for hydroxylation is 1. The summed E-state index contributed by atoms with van der Waals surface area (Å²) in [6.07, 6.45) is 0. The van der Waals surface area contributed by atoms with Crippen molar-refractivity contribution >= 4 is 17.6 Å². The third-order valence-corrected chi connectivity index (χ3v) is 3.85. The lowest BCUT2D eigenvalue weighted by atomic mass is 10.2. The Morgan fingerprint density at radius 2 is 1.71 bits per heavy atom. The Morgan fingerprint density at radius 3 is 2.29 bits per heavy atom. The predicted molar refractivity (Wildman–Crippen MR) is 89.7 cm³/mol. The van der Waals surface area contributed by atoms with E-state index in [4.69, 9.17) is 9.47 Å². The summed E-state index contributed by atoms with van der Waals surface area (Å²) in [5.41, 5.74) is 1.49. The monoisotopic (exact) mass is 326 g/mol. The zero-order chi connectivity index (χ0) is 17.3. The number of carbonyl (C=O) groups excluding carboxylic acids is 2. The molecule has 1 aliphatic heterocycles. The van der Waals surface area contributed by atoms with Crippen LogP contribution in [0.15, 0.2) is 42.5 Å². The average Bonchev–Trinajstić information content (AvgIpc) is 2.83. The molecule has 1 saturated heterocycles. The van der Waals surface area contributed by atoms with Crippen LogP contribution in [-0.2, 0) is 4.79 Å². The van der Waals surface area contributed by atoms with Gasteiger partial charge in [0.05, 0.1) is 12.8 Å². The summed E-state index contributed by atoms with van der Waals surface area (Å²) in [5, 5.41) is 2.58. The van der Waals surface area contributed by atoms with Crippen LogP contribution in [0.2, 0.25) is 0 Å². The number of hydrogen-bond acceptors (Lipinski definition) is 4. The molecule has 3 rings (SSSR count). The maximum atomic E-state index is 12.0. The minimum absolute atomic E-state index is 0.266. The van der Waals surface area contributed by atoms with Gasteiger partial charge in [-0.1, -0.05) is 6.07 Å². The van der Waals surface area contributed by atoms with Crippen molar-refractivity contribution in [1.29, 1.82) is 0 Å². The van der Waals surface area contributed by atoms with Gasteiger partial charge < -0.3 is 14.8 Å². The Bertz CT molecular complexity index is 786. The lowest BCUT2D eigenvalue weighted by Gasteiger charge is -2.14. The van der Waals surface area contributed by atoms with E-state index in [1.165, 1.54) is 0 Å². The number of ether oxygens (including phenoxy) is 2. The topological polar surface area (TPSA) is 67.9 Å². The highest BCUT2D eigenvalue weighted by Gasteiger charge is 2.36. The molecule has 0 unspecified atom stereocenters. The van der Waals surface area contributed by atoms with Crippen LogP contribution in [0.1, 0.15) is 12.5 Å². The van der Waals surface area contributed by atoms with Gasteiger partial charge in [-0.2, -0.15) is 0 Å². The molecular formula is C18H18N2O4. The Balaban J connectivity index is 1.80. The van der Waals surface area contributed by atoms with Crippen molar-refractivity contribution in [1.82, 2.24) is 5.32 Å². The molecule has 1 N–H and O–H groups in total. The fraction of sp³-hybridized carbons (Fsp3) is 0.222. The van der Waals surface area contributed by atoms with Crippen LogP contribution in [0.4, 0.5) is 10.5 Å². The van der Waals surface area contributed by atoms with E-state index in [-0.39, 0.29) is 5.91 Å². The highest BCUT2D eigenvalue weighted by atomic mass is 16.5. The van der Waals surface area contributed by atoms with Gasteiger partial charge in [0.2, 0.25) is 0 Å². The molecule has 0 saturated carbocycles. The maximum absolute atomic E-state index is 12.0. The van der Waals surface area contributed by atoms with Crippen LogP contribution in [0.3, 0.4) is 0 Å². The van der Waals surface area contributed by atoms with Gasteiger partial charge in [0.1, 0.15) is 23.3 Å². The second kappa shape index (κ2) is 6.23. The Kier molecular flexibility index (Phi) is 4.12. The van der Waals surface area contributed by atoms with Crippen LogP contribution in [0.5, 0.6) is 17.2 Å². The zero-order valence-corrected chi connectivity index (χ0v) is 13.7. The van der Waals surface area contributed by atoms with Crippen molar-refractivity contribution in [3.8, 4) is 17.2 Å². The second-order valence-electron chi connectivity index (χ2n) is 5.57. The first-order chi connectivity index (χ1) is 11.5. The number of urea groups is 1. The summed E-state index contributed by atoms with van der Waals surface area (Å²) in [7, 11) is 1.60. The number of carbonyl (C=O) groups is 2. The molecule has 0 radical (unpaired) electrons. The molecule has 6 nitrogen and oxygen atoms in total. The lowest BCUT2D eigenvalue weighted by molar-refractivity contribution is -0.117. The lowest BCUT2D eigenvalue weighted by Crippen LogP contribution is -2.30. The number of hydrogen-bond donors (Lipinski definition) is 1. The molecule has 0 aliphatic carbocycles. The second-order valence-corrected chi connectivity index (χ2v) is 5.57. The summed E-state index contributed by atoms with van der Waals surface area (Å²) >= 11 is 0. The third-order valence-electron chi connectivity index (χ3n) is 3.85. The van der Waals surface area contributed by atoms with Gasteiger partial charge in [0, 0.05) is 6.07 Å².